The number of pyridine rings is 1. The monoisotopic (exact) mass is 369 g/mol. The third kappa shape index (κ3) is 4.46. The largest absolute Gasteiger partial charge is 0.462 e. The molecule has 27 heavy (non-hydrogen) atoms. The van der Waals surface area contributed by atoms with E-state index >= 15 is 0 Å². The summed E-state index contributed by atoms with van der Waals surface area (Å²) < 4.78 is 4.92. The van der Waals surface area contributed by atoms with Crippen molar-refractivity contribution in [1.82, 2.24) is 9.88 Å². The molecule has 0 atom stereocenters. The summed E-state index contributed by atoms with van der Waals surface area (Å²) in [6, 6.07) is 7.42. The quantitative estimate of drug-likeness (QED) is 0.422. The van der Waals surface area contributed by atoms with Crippen LogP contribution in [0, 0.1) is 10.1 Å². The summed E-state index contributed by atoms with van der Waals surface area (Å²) in [6.07, 6.45) is 5.09. The van der Waals surface area contributed by atoms with Crippen LogP contribution in [0.5, 0.6) is 0 Å². The van der Waals surface area contributed by atoms with E-state index in [1.807, 2.05) is 6.07 Å². The van der Waals surface area contributed by atoms with Crippen molar-refractivity contribution >= 4 is 17.6 Å². The first-order chi connectivity index (χ1) is 13.0. The fraction of sp³-hybridized carbons (Fsp3) is 0.316. The van der Waals surface area contributed by atoms with Crippen LogP contribution in [0.3, 0.4) is 0 Å². The predicted molar refractivity (Wildman–Crippen MR) is 96.2 cm³/mol. The molecule has 0 N–H and O–H groups in total. The normalized spacial score (nSPS) is 13.1. The third-order valence-corrected chi connectivity index (χ3v) is 4.21. The van der Waals surface area contributed by atoms with E-state index in [4.69, 9.17) is 4.74 Å². The number of non-ortho nitro benzene ring substituents is 1. The molecule has 0 saturated heterocycles. The van der Waals surface area contributed by atoms with Crippen molar-refractivity contribution in [3.8, 4) is 0 Å². The van der Waals surface area contributed by atoms with Gasteiger partial charge in [-0.25, -0.2) is 4.79 Å². The van der Waals surface area contributed by atoms with Crippen LogP contribution < -0.4 is 0 Å². The fourth-order valence-electron chi connectivity index (χ4n) is 2.78. The molecule has 1 heterocycles. The van der Waals surface area contributed by atoms with Gasteiger partial charge in [-0.1, -0.05) is 6.07 Å². The maximum absolute atomic E-state index is 13.1. The number of nitro benzene ring substituents is 1. The van der Waals surface area contributed by atoms with Gasteiger partial charge in [0.2, 0.25) is 0 Å². The molecule has 1 amide bonds. The number of amides is 1. The standard InChI is InChI=1S/C19H19N3O5/c1-2-27-19(24)15-8-14(9-17(10-15)22(25)26)18(23)21(16-5-6-16)12-13-4-3-7-20-11-13/h3-4,7-11,16H,2,5-6,12H2,1H3. The lowest BCUT2D eigenvalue weighted by molar-refractivity contribution is -0.384. The summed E-state index contributed by atoms with van der Waals surface area (Å²) in [5.74, 6) is -1.05. The first-order valence-electron chi connectivity index (χ1n) is 8.66. The first-order valence-corrected chi connectivity index (χ1v) is 8.66. The van der Waals surface area contributed by atoms with Crippen molar-refractivity contribution in [2.24, 2.45) is 0 Å². The Morgan fingerprint density at radius 3 is 2.63 bits per heavy atom. The van der Waals surface area contributed by atoms with Gasteiger partial charge in [-0.15, -0.1) is 0 Å². The fourth-order valence-corrected chi connectivity index (χ4v) is 2.78. The molecule has 3 rings (SSSR count). The zero-order valence-electron chi connectivity index (χ0n) is 14.8. The van der Waals surface area contributed by atoms with Gasteiger partial charge < -0.3 is 9.64 Å². The van der Waals surface area contributed by atoms with Crippen molar-refractivity contribution in [3.63, 3.8) is 0 Å². The number of ether oxygens (including phenoxy) is 1. The number of hydrogen-bond acceptors (Lipinski definition) is 6. The molecule has 8 heteroatoms. The highest BCUT2D eigenvalue weighted by molar-refractivity contribution is 5.99. The third-order valence-electron chi connectivity index (χ3n) is 4.21. The lowest BCUT2D eigenvalue weighted by Gasteiger charge is -2.22. The van der Waals surface area contributed by atoms with Crippen molar-refractivity contribution in [1.29, 1.82) is 0 Å². The van der Waals surface area contributed by atoms with Gasteiger partial charge in [0.05, 0.1) is 17.1 Å². The Morgan fingerprint density at radius 1 is 1.30 bits per heavy atom. The van der Waals surface area contributed by atoms with E-state index in [-0.39, 0.29) is 35.4 Å². The van der Waals surface area contributed by atoms with Gasteiger partial charge in [-0.3, -0.25) is 19.9 Å². The van der Waals surface area contributed by atoms with Gasteiger partial charge in [0.15, 0.2) is 0 Å². The molecule has 1 fully saturated rings. The molecule has 140 valence electrons. The Hall–Kier alpha value is -3.29. The van der Waals surface area contributed by atoms with Crippen LogP contribution in [-0.4, -0.2) is 39.3 Å². The Bertz CT molecular complexity index is 865. The number of nitro groups is 1. The average Bonchev–Trinajstić information content (AvgIpc) is 3.51. The molecule has 0 bridgehead atoms. The lowest BCUT2D eigenvalue weighted by atomic mass is 10.1. The molecule has 0 aliphatic heterocycles. The minimum Gasteiger partial charge on any atom is -0.462 e. The Kier molecular flexibility index (Phi) is 5.44. The number of aromatic nitrogens is 1. The number of benzene rings is 1. The summed E-state index contributed by atoms with van der Waals surface area (Å²) in [7, 11) is 0. The second-order valence-corrected chi connectivity index (χ2v) is 6.27. The molecule has 1 aromatic carbocycles. The van der Waals surface area contributed by atoms with E-state index in [9.17, 15) is 19.7 Å². The Labute approximate surface area is 155 Å². The zero-order chi connectivity index (χ0) is 19.4. The smallest absolute Gasteiger partial charge is 0.338 e. The van der Waals surface area contributed by atoms with Gasteiger partial charge in [0.25, 0.3) is 11.6 Å². The Balaban J connectivity index is 1.93. The average molecular weight is 369 g/mol. The van der Waals surface area contributed by atoms with Crippen LogP contribution in [0.1, 0.15) is 46.0 Å². The van der Waals surface area contributed by atoms with E-state index in [2.05, 4.69) is 4.98 Å². The predicted octanol–water partition coefficient (Wildman–Crippen LogP) is 2.97. The van der Waals surface area contributed by atoms with Crippen LogP contribution >= 0.6 is 0 Å². The van der Waals surface area contributed by atoms with E-state index in [0.717, 1.165) is 24.5 Å². The summed E-state index contributed by atoms with van der Waals surface area (Å²) in [6.45, 7) is 2.14. The molecule has 1 aromatic heterocycles. The van der Waals surface area contributed by atoms with Gasteiger partial charge >= 0.3 is 5.97 Å². The van der Waals surface area contributed by atoms with Crippen molar-refractivity contribution in [2.45, 2.75) is 32.4 Å². The van der Waals surface area contributed by atoms with E-state index in [1.165, 1.54) is 12.1 Å². The molecule has 0 unspecified atom stereocenters. The number of esters is 1. The number of rotatable bonds is 7. The van der Waals surface area contributed by atoms with E-state index in [0.29, 0.717) is 6.54 Å². The lowest BCUT2D eigenvalue weighted by Crippen LogP contribution is -2.32. The summed E-state index contributed by atoms with van der Waals surface area (Å²) >= 11 is 0. The minimum atomic E-state index is -0.694. The number of carbonyl (C=O) groups excluding carboxylic acids is 2. The molecule has 1 saturated carbocycles. The van der Waals surface area contributed by atoms with Crippen molar-refractivity contribution in [3.05, 3.63) is 69.5 Å². The molecular formula is C19H19N3O5. The SMILES string of the molecule is CCOC(=O)c1cc(C(=O)N(Cc2cccnc2)C2CC2)cc([N+](=O)[O-])c1. The maximum atomic E-state index is 13.1. The highest BCUT2D eigenvalue weighted by atomic mass is 16.6. The summed E-state index contributed by atoms with van der Waals surface area (Å²) in [4.78, 5) is 41.4. The summed E-state index contributed by atoms with van der Waals surface area (Å²) in [5, 5.41) is 11.2. The highest BCUT2D eigenvalue weighted by Crippen LogP contribution is 2.30. The zero-order valence-corrected chi connectivity index (χ0v) is 14.8. The van der Waals surface area contributed by atoms with Gasteiger partial charge in [-0.2, -0.15) is 0 Å². The van der Waals surface area contributed by atoms with Crippen LogP contribution in [0.4, 0.5) is 5.69 Å². The molecule has 2 aromatic rings. The second-order valence-electron chi connectivity index (χ2n) is 6.27. The van der Waals surface area contributed by atoms with E-state index in [1.54, 1.807) is 30.3 Å². The van der Waals surface area contributed by atoms with Crippen LogP contribution in [0.25, 0.3) is 0 Å². The minimum absolute atomic E-state index is 0.00785. The van der Waals surface area contributed by atoms with Crippen molar-refractivity contribution < 1.29 is 19.2 Å². The summed E-state index contributed by atoms with van der Waals surface area (Å²) in [5.41, 5.74) is 0.643. The highest BCUT2D eigenvalue weighted by Gasteiger charge is 2.34. The molecule has 8 nitrogen and oxygen atoms in total. The van der Waals surface area contributed by atoms with E-state index < -0.39 is 10.9 Å². The van der Waals surface area contributed by atoms with Gasteiger partial charge in [-0.05, 0) is 37.5 Å². The number of carbonyl (C=O) groups is 2. The molecule has 1 aliphatic rings. The maximum Gasteiger partial charge on any atom is 0.338 e. The topological polar surface area (TPSA) is 103 Å². The number of nitrogens with zero attached hydrogens (tertiary/aromatic N) is 3. The van der Waals surface area contributed by atoms with Gasteiger partial charge in [0.1, 0.15) is 0 Å². The molecule has 0 spiro atoms. The second kappa shape index (κ2) is 7.94. The molecule has 1 aliphatic carbocycles. The van der Waals surface area contributed by atoms with Crippen molar-refractivity contribution in [2.75, 3.05) is 6.61 Å². The van der Waals surface area contributed by atoms with Crippen LogP contribution in [-0.2, 0) is 11.3 Å². The molecular weight excluding hydrogens is 350 g/mol. The van der Waals surface area contributed by atoms with Gasteiger partial charge in [0, 0.05) is 42.7 Å². The van der Waals surface area contributed by atoms with Crippen LogP contribution in [0.15, 0.2) is 42.7 Å². The van der Waals surface area contributed by atoms with Crippen LogP contribution in [0.2, 0.25) is 0 Å². The first kappa shape index (κ1) is 18.5. The molecule has 0 radical (unpaired) electrons. The number of hydrogen-bond donors (Lipinski definition) is 0. The Morgan fingerprint density at radius 2 is 2.04 bits per heavy atom.